The van der Waals surface area contributed by atoms with Gasteiger partial charge in [0.05, 0.1) is 0 Å². The van der Waals surface area contributed by atoms with Crippen LogP contribution in [0.3, 0.4) is 0 Å². The second-order valence-corrected chi connectivity index (χ2v) is 2.77. The third-order valence-electron chi connectivity index (χ3n) is 2.05. The van der Waals surface area contributed by atoms with Crippen LogP contribution < -0.4 is 5.32 Å². The Kier molecular flexibility index (Phi) is 1.55. The van der Waals surface area contributed by atoms with Gasteiger partial charge in [-0.15, -0.1) is 0 Å². The molecule has 1 atom stereocenters. The van der Waals surface area contributed by atoms with Gasteiger partial charge in [0, 0.05) is 17.0 Å². The van der Waals surface area contributed by atoms with Gasteiger partial charge < -0.3 is 0 Å². The highest BCUT2D eigenvalue weighted by Gasteiger charge is 2.29. The first-order chi connectivity index (χ1) is 5.79. The molecule has 0 spiro atoms. The summed E-state index contributed by atoms with van der Waals surface area (Å²) in [5.74, 6) is 0. The number of hydrogen-bond donors (Lipinski definition) is 1. The molecule has 0 aromatic heterocycles. The molecule has 0 radical (unpaired) electrons. The molecule has 1 heterocycles. The third kappa shape index (κ3) is 0.967. The average Bonchev–Trinajstić information content (AvgIpc) is 2.47. The maximum atomic E-state index is 10.5. The molecule has 1 aromatic carbocycles. The third-order valence-corrected chi connectivity index (χ3v) is 2.05. The summed E-state index contributed by atoms with van der Waals surface area (Å²) in [5, 5.41) is 13.3. The number of nitro groups is 1. The molecular formula is C8H8N2O2. The maximum Gasteiger partial charge on any atom is 0.292 e. The summed E-state index contributed by atoms with van der Waals surface area (Å²) < 4.78 is 0. The summed E-state index contributed by atoms with van der Waals surface area (Å²) in [6.07, 6.45) is -0.707. The van der Waals surface area contributed by atoms with Gasteiger partial charge in [-0.05, 0) is 5.56 Å². The summed E-state index contributed by atoms with van der Waals surface area (Å²) in [6.45, 7) is 0.599. The Morgan fingerprint density at radius 1 is 1.50 bits per heavy atom. The minimum absolute atomic E-state index is 0.300. The summed E-state index contributed by atoms with van der Waals surface area (Å²) in [6, 6.07) is 7.42. The molecule has 0 amide bonds. The number of fused-ring (bicyclic) bond motifs is 1. The molecule has 1 unspecified atom stereocenters. The second-order valence-electron chi connectivity index (χ2n) is 2.77. The van der Waals surface area contributed by atoms with E-state index in [1.165, 1.54) is 0 Å². The maximum absolute atomic E-state index is 10.5. The fraction of sp³-hybridized carbons (Fsp3) is 0.250. The van der Waals surface area contributed by atoms with Crippen molar-refractivity contribution in [3.05, 3.63) is 45.5 Å². The Bertz CT molecular complexity index is 325. The first-order valence-electron chi connectivity index (χ1n) is 3.74. The lowest BCUT2D eigenvalue weighted by molar-refractivity contribution is -0.534. The number of benzene rings is 1. The van der Waals surface area contributed by atoms with Gasteiger partial charge in [0.1, 0.15) is 0 Å². The molecule has 2 rings (SSSR count). The lowest BCUT2D eigenvalue weighted by atomic mass is 10.1. The van der Waals surface area contributed by atoms with Gasteiger partial charge >= 0.3 is 0 Å². The van der Waals surface area contributed by atoms with Crippen LogP contribution in [0.2, 0.25) is 0 Å². The van der Waals surface area contributed by atoms with Gasteiger partial charge in [-0.1, -0.05) is 24.3 Å². The molecule has 12 heavy (non-hydrogen) atoms. The normalized spacial score (nSPS) is 20.5. The first kappa shape index (κ1) is 7.24. The van der Waals surface area contributed by atoms with Crippen LogP contribution in [0.15, 0.2) is 24.3 Å². The molecule has 1 N–H and O–H groups in total. The quantitative estimate of drug-likeness (QED) is 0.499. The van der Waals surface area contributed by atoms with Crippen molar-refractivity contribution in [2.24, 2.45) is 0 Å². The molecule has 1 aliphatic rings. The molecule has 0 aliphatic carbocycles. The summed E-state index contributed by atoms with van der Waals surface area (Å²) in [5.41, 5.74) is 1.82. The molecule has 0 bridgehead atoms. The Morgan fingerprint density at radius 2 is 2.25 bits per heavy atom. The summed E-state index contributed by atoms with van der Waals surface area (Å²) in [4.78, 5) is 10.2. The zero-order valence-electron chi connectivity index (χ0n) is 6.36. The number of nitrogens with zero attached hydrogens (tertiary/aromatic N) is 1. The summed E-state index contributed by atoms with van der Waals surface area (Å²) in [7, 11) is 0. The Balaban J connectivity index is 2.42. The minimum Gasteiger partial charge on any atom is -0.262 e. The van der Waals surface area contributed by atoms with Crippen LogP contribution in [0.5, 0.6) is 0 Å². The van der Waals surface area contributed by atoms with E-state index in [0.717, 1.165) is 11.1 Å². The van der Waals surface area contributed by atoms with Gasteiger partial charge in [-0.2, -0.15) is 0 Å². The Labute approximate surface area is 69.4 Å². The van der Waals surface area contributed by atoms with E-state index in [0.29, 0.717) is 6.54 Å². The van der Waals surface area contributed by atoms with Crippen molar-refractivity contribution in [1.82, 2.24) is 5.32 Å². The zero-order chi connectivity index (χ0) is 8.55. The monoisotopic (exact) mass is 164 g/mol. The van der Waals surface area contributed by atoms with Crippen LogP contribution in [0.1, 0.15) is 17.3 Å². The van der Waals surface area contributed by atoms with E-state index in [4.69, 9.17) is 0 Å². The van der Waals surface area contributed by atoms with Gasteiger partial charge in [-0.3, -0.25) is 10.1 Å². The van der Waals surface area contributed by atoms with Crippen molar-refractivity contribution in [3.63, 3.8) is 0 Å². The molecule has 62 valence electrons. The zero-order valence-corrected chi connectivity index (χ0v) is 6.36. The number of hydrogen-bond acceptors (Lipinski definition) is 3. The molecule has 1 aliphatic heterocycles. The van der Waals surface area contributed by atoms with Crippen LogP contribution in [0.25, 0.3) is 0 Å². The summed E-state index contributed by atoms with van der Waals surface area (Å²) >= 11 is 0. The molecule has 0 saturated heterocycles. The van der Waals surface area contributed by atoms with E-state index in [2.05, 4.69) is 5.32 Å². The van der Waals surface area contributed by atoms with Gasteiger partial charge in [0.15, 0.2) is 0 Å². The molecular weight excluding hydrogens is 156 g/mol. The van der Waals surface area contributed by atoms with Crippen LogP contribution in [-0.4, -0.2) is 4.92 Å². The molecule has 4 heteroatoms. The predicted molar refractivity (Wildman–Crippen MR) is 43.0 cm³/mol. The SMILES string of the molecule is O=[N+]([O-])C1NCc2ccccc21. The highest BCUT2D eigenvalue weighted by molar-refractivity contribution is 5.31. The average molecular weight is 164 g/mol. The van der Waals surface area contributed by atoms with E-state index in [1.54, 1.807) is 6.07 Å². The predicted octanol–water partition coefficient (Wildman–Crippen LogP) is 1.07. The van der Waals surface area contributed by atoms with Crippen molar-refractivity contribution in [2.75, 3.05) is 0 Å². The molecule has 1 aromatic rings. The van der Waals surface area contributed by atoms with Crippen LogP contribution >= 0.6 is 0 Å². The fourth-order valence-corrected chi connectivity index (χ4v) is 1.47. The van der Waals surface area contributed by atoms with Crippen LogP contribution in [0.4, 0.5) is 0 Å². The van der Waals surface area contributed by atoms with Crippen molar-refractivity contribution >= 4 is 0 Å². The van der Waals surface area contributed by atoms with E-state index < -0.39 is 6.17 Å². The van der Waals surface area contributed by atoms with Crippen LogP contribution in [0, 0.1) is 10.1 Å². The van der Waals surface area contributed by atoms with E-state index >= 15 is 0 Å². The Morgan fingerprint density at radius 3 is 3.00 bits per heavy atom. The smallest absolute Gasteiger partial charge is 0.262 e. The Hall–Kier alpha value is -1.42. The van der Waals surface area contributed by atoms with Crippen molar-refractivity contribution in [3.8, 4) is 0 Å². The first-order valence-corrected chi connectivity index (χ1v) is 3.74. The molecule has 0 saturated carbocycles. The van der Waals surface area contributed by atoms with E-state index in [1.807, 2.05) is 18.2 Å². The molecule has 4 nitrogen and oxygen atoms in total. The largest absolute Gasteiger partial charge is 0.292 e. The highest BCUT2D eigenvalue weighted by atomic mass is 16.6. The lowest BCUT2D eigenvalue weighted by Crippen LogP contribution is -2.20. The fourth-order valence-electron chi connectivity index (χ4n) is 1.47. The molecule has 0 fully saturated rings. The topological polar surface area (TPSA) is 55.2 Å². The van der Waals surface area contributed by atoms with Gasteiger partial charge in [0.2, 0.25) is 0 Å². The minimum atomic E-state index is -0.707. The highest BCUT2D eigenvalue weighted by Crippen LogP contribution is 2.24. The lowest BCUT2D eigenvalue weighted by Gasteiger charge is -2.01. The van der Waals surface area contributed by atoms with Crippen LogP contribution in [-0.2, 0) is 6.54 Å². The second kappa shape index (κ2) is 2.57. The van der Waals surface area contributed by atoms with Crippen molar-refractivity contribution in [1.29, 1.82) is 0 Å². The van der Waals surface area contributed by atoms with E-state index in [-0.39, 0.29) is 4.92 Å². The van der Waals surface area contributed by atoms with E-state index in [9.17, 15) is 10.1 Å². The van der Waals surface area contributed by atoms with Gasteiger partial charge in [0.25, 0.3) is 6.17 Å². The van der Waals surface area contributed by atoms with Crippen molar-refractivity contribution in [2.45, 2.75) is 12.7 Å². The van der Waals surface area contributed by atoms with Gasteiger partial charge in [-0.25, -0.2) is 5.32 Å². The number of nitrogens with one attached hydrogen (secondary N) is 1. The van der Waals surface area contributed by atoms with Crippen molar-refractivity contribution < 1.29 is 4.92 Å². The number of rotatable bonds is 1. The standard InChI is InChI=1S/C8H8N2O2/c11-10(12)8-7-4-2-1-3-6(7)5-9-8/h1-4,8-9H,5H2.